The molecule has 1 aromatic heterocycles. The van der Waals surface area contributed by atoms with Crippen LogP contribution in [-0.2, 0) is 0 Å². The molecule has 0 bridgehead atoms. The van der Waals surface area contributed by atoms with Crippen molar-refractivity contribution in [1.82, 2.24) is 9.88 Å². The van der Waals surface area contributed by atoms with Crippen molar-refractivity contribution in [1.29, 1.82) is 0 Å². The van der Waals surface area contributed by atoms with Crippen LogP contribution in [0.3, 0.4) is 0 Å². The molecule has 4 rings (SSSR count). The van der Waals surface area contributed by atoms with Crippen molar-refractivity contribution in [2.75, 3.05) is 30.3 Å². The number of nitrogens with zero attached hydrogens (tertiary/aromatic N) is 3. The number of hydrogen-bond acceptors (Lipinski definition) is 5. The molecule has 0 aliphatic carbocycles. The third-order valence-electron chi connectivity index (χ3n) is 5.17. The van der Waals surface area contributed by atoms with E-state index in [1.165, 1.54) is 6.20 Å². The highest BCUT2D eigenvalue weighted by molar-refractivity contribution is 6.32. The Hall–Kier alpha value is -3.94. The molecule has 0 saturated carbocycles. The second-order valence-electron chi connectivity index (χ2n) is 7.29. The number of likely N-dealkylation sites (N-methyl/N-ethyl adjacent to an activating group) is 1. The van der Waals surface area contributed by atoms with Crippen molar-refractivity contribution < 1.29 is 9.59 Å². The maximum Gasteiger partial charge on any atom is 0.258 e. The third-order valence-corrected chi connectivity index (χ3v) is 5.17. The number of nitrogens with one attached hydrogen (secondary N) is 2. The zero-order chi connectivity index (χ0) is 22.5. The van der Waals surface area contributed by atoms with Gasteiger partial charge in [0, 0.05) is 30.4 Å². The first kappa shape index (κ1) is 21.3. The number of pyridine rings is 1. The Morgan fingerprint density at radius 2 is 1.78 bits per heavy atom. The number of carbonyl (C=O) groups excluding carboxylic acids is 2. The Morgan fingerprint density at radius 3 is 2.50 bits per heavy atom. The first-order valence-electron chi connectivity index (χ1n) is 10.4. The second-order valence-corrected chi connectivity index (χ2v) is 7.29. The van der Waals surface area contributed by atoms with Crippen molar-refractivity contribution in [2.45, 2.75) is 6.92 Å². The quantitative estimate of drug-likeness (QED) is 0.597. The van der Waals surface area contributed by atoms with E-state index in [9.17, 15) is 9.59 Å². The predicted octanol–water partition coefficient (Wildman–Crippen LogP) is 2.46. The Kier molecular flexibility index (Phi) is 6.30. The lowest BCUT2D eigenvalue weighted by atomic mass is 9.99. The first-order chi connectivity index (χ1) is 15.5. The molecule has 0 atom stereocenters. The number of amides is 2. The first-order valence-corrected chi connectivity index (χ1v) is 10.4. The largest absolute Gasteiger partial charge is 0.355 e. The molecular weight excluding hydrogens is 401 g/mol. The fourth-order valence-electron chi connectivity index (χ4n) is 3.48. The summed E-state index contributed by atoms with van der Waals surface area (Å²) in [5.41, 5.74) is 2.72. The van der Waals surface area contributed by atoms with Crippen LogP contribution >= 0.6 is 0 Å². The minimum atomic E-state index is -0.382. The normalized spacial score (nSPS) is 12.9. The van der Waals surface area contributed by atoms with Crippen LogP contribution in [0.4, 0.5) is 11.5 Å². The van der Waals surface area contributed by atoms with E-state index >= 15 is 0 Å². The molecular formula is C24H22BN5O2. The summed E-state index contributed by atoms with van der Waals surface area (Å²) in [6, 6.07) is 17.4. The third kappa shape index (κ3) is 4.69. The van der Waals surface area contributed by atoms with Crippen LogP contribution in [0, 0.1) is 0 Å². The Morgan fingerprint density at radius 1 is 1.00 bits per heavy atom. The minimum absolute atomic E-state index is 0.303. The molecule has 0 fully saturated rings. The number of benzene rings is 2. The molecule has 2 heterocycles. The van der Waals surface area contributed by atoms with Crippen LogP contribution in [0.5, 0.6) is 0 Å². The van der Waals surface area contributed by atoms with Crippen LogP contribution in [0.15, 0.2) is 71.9 Å². The lowest BCUT2D eigenvalue weighted by Gasteiger charge is -2.18. The SMILES string of the molecule is [B]c1ccc(NC(=O)c2ccccc2NC(=O)c2ccc(C3=NCCN3CC)cc2)nc1. The highest BCUT2D eigenvalue weighted by Gasteiger charge is 2.18. The van der Waals surface area contributed by atoms with Gasteiger partial charge in [0.1, 0.15) is 19.5 Å². The highest BCUT2D eigenvalue weighted by atomic mass is 16.2. The fourth-order valence-corrected chi connectivity index (χ4v) is 3.48. The van der Waals surface area contributed by atoms with Gasteiger partial charge in [-0.25, -0.2) is 4.98 Å². The number of carbonyl (C=O) groups is 2. The van der Waals surface area contributed by atoms with Crippen molar-refractivity contribution in [3.8, 4) is 0 Å². The van der Waals surface area contributed by atoms with Gasteiger partial charge in [0.15, 0.2) is 0 Å². The Balaban J connectivity index is 1.48. The molecule has 8 heteroatoms. The number of anilines is 2. The number of aliphatic imine (C=N–C) groups is 1. The minimum Gasteiger partial charge on any atom is -0.355 e. The second kappa shape index (κ2) is 9.47. The molecule has 0 spiro atoms. The molecule has 158 valence electrons. The number of hydrogen-bond donors (Lipinski definition) is 2. The van der Waals surface area contributed by atoms with Gasteiger partial charge in [-0.05, 0) is 37.3 Å². The molecule has 0 unspecified atom stereocenters. The van der Waals surface area contributed by atoms with Crippen molar-refractivity contribution >= 4 is 42.5 Å². The summed E-state index contributed by atoms with van der Waals surface area (Å²) in [4.78, 5) is 36.4. The standard InChI is InChI=1S/C24H22BN5O2/c1-2-30-14-13-26-22(30)16-7-9-17(10-8-16)23(31)28-20-6-4-3-5-19(20)24(32)29-21-12-11-18(25)15-27-21/h3-12,15H,2,13-14H2,1H3,(H,28,31)(H,27,29,32). The number of amidine groups is 1. The van der Waals surface area contributed by atoms with Gasteiger partial charge in [0.2, 0.25) is 0 Å². The summed E-state index contributed by atoms with van der Waals surface area (Å²) in [7, 11) is 5.63. The predicted molar refractivity (Wildman–Crippen MR) is 127 cm³/mol. The van der Waals surface area contributed by atoms with Gasteiger partial charge in [-0.2, -0.15) is 0 Å². The smallest absolute Gasteiger partial charge is 0.258 e. The fraction of sp³-hybridized carbons (Fsp3) is 0.167. The van der Waals surface area contributed by atoms with E-state index in [1.54, 1.807) is 48.5 Å². The van der Waals surface area contributed by atoms with Gasteiger partial charge < -0.3 is 15.5 Å². The average Bonchev–Trinajstić information content (AvgIpc) is 3.30. The van der Waals surface area contributed by atoms with Crippen LogP contribution in [0.2, 0.25) is 0 Å². The van der Waals surface area contributed by atoms with Crippen molar-refractivity contribution in [3.63, 3.8) is 0 Å². The Bertz CT molecular complexity index is 1160. The number of para-hydroxylation sites is 1. The molecule has 0 saturated heterocycles. The molecule has 3 aromatic rings. The molecule has 7 nitrogen and oxygen atoms in total. The zero-order valence-electron chi connectivity index (χ0n) is 17.7. The summed E-state index contributed by atoms with van der Waals surface area (Å²) < 4.78 is 0. The average molecular weight is 423 g/mol. The van der Waals surface area contributed by atoms with E-state index < -0.39 is 0 Å². The monoisotopic (exact) mass is 423 g/mol. The molecule has 2 amide bonds. The van der Waals surface area contributed by atoms with Gasteiger partial charge >= 0.3 is 0 Å². The van der Waals surface area contributed by atoms with Crippen LogP contribution < -0.4 is 16.1 Å². The maximum atomic E-state index is 12.8. The summed E-state index contributed by atoms with van der Waals surface area (Å²) >= 11 is 0. The summed E-state index contributed by atoms with van der Waals surface area (Å²) in [6.07, 6.45) is 1.46. The number of aromatic nitrogens is 1. The molecule has 1 aliphatic heterocycles. The van der Waals surface area contributed by atoms with Crippen molar-refractivity contribution in [3.05, 3.63) is 83.6 Å². The molecule has 32 heavy (non-hydrogen) atoms. The van der Waals surface area contributed by atoms with Gasteiger partial charge in [-0.3, -0.25) is 14.6 Å². The van der Waals surface area contributed by atoms with Crippen LogP contribution in [-0.4, -0.2) is 55.0 Å². The van der Waals surface area contributed by atoms with E-state index in [0.717, 1.165) is 31.0 Å². The summed E-state index contributed by atoms with van der Waals surface area (Å²) in [6.45, 7) is 4.69. The van der Waals surface area contributed by atoms with Crippen LogP contribution in [0.25, 0.3) is 0 Å². The summed E-state index contributed by atoms with van der Waals surface area (Å²) in [5, 5.41) is 5.54. The molecule has 2 N–H and O–H groups in total. The Labute approximate surface area is 188 Å². The van der Waals surface area contributed by atoms with E-state index in [1.807, 2.05) is 12.1 Å². The zero-order valence-corrected chi connectivity index (χ0v) is 17.7. The van der Waals surface area contributed by atoms with E-state index in [-0.39, 0.29) is 11.8 Å². The van der Waals surface area contributed by atoms with Gasteiger partial charge in [0.05, 0.1) is 17.8 Å². The van der Waals surface area contributed by atoms with Gasteiger partial charge in [-0.15, -0.1) is 0 Å². The summed E-state index contributed by atoms with van der Waals surface area (Å²) in [5.74, 6) is 0.644. The van der Waals surface area contributed by atoms with Gasteiger partial charge in [-0.1, -0.05) is 35.8 Å². The van der Waals surface area contributed by atoms with Crippen molar-refractivity contribution in [2.24, 2.45) is 4.99 Å². The topological polar surface area (TPSA) is 86.7 Å². The number of rotatable bonds is 6. The van der Waals surface area contributed by atoms with E-state index in [2.05, 4.69) is 32.4 Å². The molecule has 2 aromatic carbocycles. The lowest BCUT2D eigenvalue weighted by molar-refractivity contribution is 0.102. The maximum absolute atomic E-state index is 12.8. The highest BCUT2D eigenvalue weighted by Crippen LogP contribution is 2.19. The van der Waals surface area contributed by atoms with Gasteiger partial charge in [0.25, 0.3) is 11.8 Å². The van der Waals surface area contributed by atoms with E-state index in [0.29, 0.717) is 28.1 Å². The van der Waals surface area contributed by atoms with Crippen LogP contribution in [0.1, 0.15) is 33.2 Å². The molecule has 2 radical (unpaired) electrons. The van der Waals surface area contributed by atoms with E-state index in [4.69, 9.17) is 7.85 Å². The molecule has 1 aliphatic rings. The lowest BCUT2D eigenvalue weighted by Crippen LogP contribution is -2.28.